The van der Waals surface area contributed by atoms with Gasteiger partial charge in [0.1, 0.15) is 0 Å². The maximum Gasteiger partial charge on any atom is 0.220 e. The third-order valence-corrected chi connectivity index (χ3v) is 5.52. The van der Waals surface area contributed by atoms with Crippen LogP contribution in [0.1, 0.15) is 25.3 Å². The van der Waals surface area contributed by atoms with E-state index in [1.54, 1.807) is 0 Å². The summed E-state index contributed by atoms with van der Waals surface area (Å²) in [5, 5.41) is 11.0. The van der Waals surface area contributed by atoms with Gasteiger partial charge in [0.05, 0.1) is 0 Å². The molecule has 4 aromatic rings. The van der Waals surface area contributed by atoms with Gasteiger partial charge < -0.3 is 10.2 Å². The van der Waals surface area contributed by atoms with Crippen LogP contribution >= 0.6 is 0 Å². The van der Waals surface area contributed by atoms with Crippen molar-refractivity contribution in [2.75, 3.05) is 20.6 Å². The Morgan fingerprint density at radius 1 is 0.929 bits per heavy atom. The first kappa shape index (κ1) is 18.7. The van der Waals surface area contributed by atoms with Gasteiger partial charge in [0.15, 0.2) is 0 Å². The lowest BCUT2D eigenvalue weighted by molar-refractivity contribution is -0.121. The van der Waals surface area contributed by atoms with Gasteiger partial charge >= 0.3 is 0 Å². The molecule has 0 aromatic heterocycles. The first-order valence-corrected chi connectivity index (χ1v) is 10.1. The number of hydrogen-bond acceptors (Lipinski definition) is 2. The standard InChI is InChI=1S/C25H28N2O/c1-17(16-27(2)3)26-23(28)9-5-6-18-10-11-21-13-12-19-7-4-8-20-14-15-22(18)25(21)24(19)20/h4,7-8,10-15,17H,5-6,9,16H2,1-3H3,(H,26,28). The quantitative estimate of drug-likeness (QED) is 0.464. The van der Waals surface area contributed by atoms with E-state index in [-0.39, 0.29) is 11.9 Å². The molecule has 1 unspecified atom stereocenters. The van der Waals surface area contributed by atoms with Gasteiger partial charge in [-0.15, -0.1) is 0 Å². The van der Waals surface area contributed by atoms with E-state index in [9.17, 15) is 4.79 Å². The van der Waals surface area contributed by atoms with Crippen molar-refractivity contribution < 1.29 is 4.79 Å². The second-order valence-corrected chi connectivity index (χ2v) is 8.17. The van der Waals surface area contributed by atoms with Crippen LogP contribution in [0.15, 0.2) is 54.6 Å². The van der Waals surface area contributed by atoms with E-state index < -0.39 is 0 Å². The number of aryl methyl sites for hydroxylation is 1. The Morgan fingerprint density at radius 2 is 1.57 bits per heavy atom. The summed E-state index contributed by atoms with van der Waals surface area (Å²) in [6.45, 7) is 2.92. The van der Waals surface area contributed by atoms with Crippen molar-refractivity contribution in [1.29, 1.82) is 0 Å². The van der Waals surface area contributed by atoms with Crippen molar-refractivity contribution in [3.63, 3.8) is 0 Å². The minimum atomic E-state index is 0.145. The van der Waals surface area contributed by atoms with Gasteiger partial charge in [-0.25, -0.2) is 0 Å². The summed E-state index contributed by atoms with van der Waals surface area (Å²) in [5.41, 5.74) is 1.33. The lowest BCUT2D eigenvalue weighted by atomic mass is 9.90. The fourth-order valence-electron chi connectivity index (χ4n) is 4.39. The zero-order valence-electron chi connectivity index (χ0n) is 17.0. The minimum Gasteiger partial charge on any atom is -0.352 e. The lowest BCUT2D eigenvalue weighted by Crippen LogP contribution is -2.39. The fraction of sp³-hybridized carbons (Fsp3) is 0.320. The Bertz CT molecular complexity index is 1100. The summed E-state index contributed by atoms with van der Waals surface area (Å²) in [6, 6.07) is 20.0. The van der Waals surface area contributed by atoms with E-state index in [0.717, 1.165) is 19.4 Å². The highest BCUT2D eigenvalue weighted by Gasteiger charge is 2.12. The molecule has 0 bridgehead atoms. The second-order valence-electron chi connectivity index (χ2n) is 8.17. The van der Waals surface area contributed by atoms with E-state index in [1.807, 2.05) is 14.1 Å². The van der Waals surface area contributed by atoms with Crippen molar-refractivity contribution in [3.05, 3.63) is 60.2 Å². The molecule has 0 heterocycles. The van der Waals surface area contributed by atoms with Crippen molar-refractivity contribution in [2.45, 2.75) is 32.2 Å². The molecule has 1 amide bonds. The van der Waals surface area contributed by atoms with Crippen LogP contribution in [-0.2, 0) is 11.2 Å². The van der Waals surface area contributed by atoms with Crippen LogP contribution in [0.4, 0.5) is 0 Å². The van der Waals surface area contributed by atoms with E-state index in [4.69, 9.17) is 0 Å². The summed E-state index contributed by atoms with van der Waals surface area (Å²) in [6.07, 6.45) is 2.36. The van der Waals surface area contributed by atoms with Crippen LogP contribution in [0.5, 0.6) is 0 Å². The van der Waals surface area contributed by atoms with Crippen molar-refractivity contribution in [2.24, 2.45) is 0 Å². The zero-order valence-corrected chi connectivity index (χ0v) is 17.0. The highest BCUT2D eigenvalue weighted by atomic mass is 16.1. The molecule has 4 rings (SSSR count). The zero-order chi connectivity index (χ0) is 19.7. The number of hydrogen-bond donors (Lipinski definition) is 1. The molecule has 0 saturated heterocycles. The average Bonchev–Trinajstić information content (AvgIpc) is 2.66. The SMILES string of the molecule is CC(CN(C)C)NC(=O)CCCc1ccc2ccc3cccc4ccc1c2c34. The van der Waals surface area contributed by atoms with Gasteiger partial charge in [0, 0.05) is 19.0 Å². The smallest absolute Gasteiger partial charge is 0.220 e. The lowest BCUT2D eigenvalue weighted by Gasteiger charge is -2.18. The number of likely N-dealkylation sites (N-methyl/N-ethyl adjacent to an activating group) is 1. The van der Waals surface area contributed by atoms with Crippen LogP contribution in [0.3, 0.4) is 0 Å². The predicted octanol–water partition coefficient (Wildman–Crippen LogP) is 4.97. The molecule has 144 valence electrons. The van der Waals surface area contributed by atoms with Crippen LogP contribution in [-0.4, -0.2) is 37.5 Å². The van der Waals surface area contributed by atoms with E-state index >= 15 is 0 Å². The summed E-state index contributed by atoms with van der Waals surface area (Å²) < 4.78 is 0. The molecule has 1 atom stereocenters. The van der Waals surface area contributed by atoms with Gasteiger partial charge in [-0.2, -0.15) is 0 Å². The first-order valence-electron chi connectivity index (χ1n) is 10.1. The largest absolute Gasteiger partial charge is 0.352 e. The molecule has 0 aliphatic rings. The minimum absolute atomic E-state index is 0.145. The van der Waals surface area contributed by atoms with E-state index in [1.165, 1.54) is 37.9 Å². The number of nitrogens with zero attached hydrogens (tertiary/aromatic N) is 1. The highest BCUT2D eigenvalue weighted by Crippen LogP contribution is 2.36. The van der Waals surface area contributed by atoms with Crippen LogP contribution in [0.25, 0.3) is 32.3 Å². The summed E-state index contributed by atoms with van der Waals surface area (Å²) >= 11 is 0. The van der Waals surface area contributed by atoms with Crippen LogP contribution < -0.4 is 5.32 Å². The monoisotopic (exact) mass is 372 g/mol. The Balaban J connectivity index is 1.52. The number of amides is 1. The Hall–Kier alpha value is -2.65. The van der Waals surface area contributed by atoms with E-state index in [2.05, 4.69) is 71.7 Å². The molecule has 3 heteroatoms. The molecule has 0 fully saturated rings. The number of rotatable bonds is 7. The van der Waals surface area contributed by atoms with Gasteiger partial charge in [-0.1, -0.05) is 54.6 Å². The topological polar surface area (TPSA) is 32.3 Å². The molecule has 0 aliphatic heterocycles. The summed E-state index contributed by atoms with van der Waals surface area (Å²) in [5.74, 6) is 0.145. The molecular weight excluding hydrogens is 344 g/mol. The maximum atomic E-state index is 12.2. The van der Waals surface area contributed by atoms with Crippen LogP contribution in [0.2, 0.25) is 0 Å². The van der Waals surface area contributed by atoms with Gasteiger partial charge in [0.2, 0.25) is 5.91 Å². The molecular formula is C25H28N2O. The van der Waals surface area contributed by atoms with Gasteiger partial charge in [-0.3, -0.25) is 4.79 Å². The molecule has 0 aliphatic carbocycles. The molecule has 0 radical (unpaired) electrons. The summed E-state index contributed by atoms with van der Waals surface area (Å²) in [4.78, 5) is 14.3. The van der Waals surface area contributed by atoms with E-state index in [0.29, 0.717) is 6.42 Å². The number of carbonyl (C=O) groups excluding carboxylic acids is 1. The number of nitrogens with one attached hydrogen (secondary N) is 1. The van der Waals surface area contributed by atoms with Crippen molar-refractivity contribution in [1.82, 2.24) is 10.2 Å². The predicted molar refractivity (Wildman–Crippen MR) is 119 cm³/mol. The Morgan fingerprint density at radius 3 is 2.29 bits per heavy atom. The fourth-order valence-corrected chi connectivity index (χ4v) is 4.39. The first-order chi connectivity index (χ1) is 13.5. The number of benzene rings is 4. The van der Waals surface area contributed by atoms with Crippen molar-refractivity contribution >= 4 is 38.2 Å². The molecule has 0 spiro atoms. The Labute approximate surface area is 166 Å². The number of carbonyl (C=O) groups is 1. The highest BCUT2D eigenvalue weighted by molar-refractivity contribution is 6.23. The summed E-state index contributed by atoms with van der Waals surface area (Å²) in [7, 11) is 4.05. The average molecular weight is 373 g/mol. The Kier molecular flexibility index (Phi) is 5.19. The molecule has 28 heavy (non-hydrogen) atoms. The van der Waals surface area contributed by atoms with Gasteiger partial charge in [-0.05, 0) is 71.7 Å². The molecule has 1 N–H and O–H groups in total. The van der Waals surface area contributed by atoms with Crippen molar-refractivity contribution in [3.8, 4) is 0 Å². The molecule has 0 saturated carbocycles. The second kappa shape index (κ2) is 7.76. The normalized spacial score (nSPS) is 13.0. The third-order valence-electron chi connectivity index (χ3n) is 5.52. The molecule has 3 nitrogen and oxygen atoms in total. The van der Waals surface area contributed by atoms with Gasteiger partial charge in [0.25, 0.3) is 0 Å². The van der Waals surface area contributed by atoms with Crippen LogP contribution in [0, 0.1) is 0 Å². The maximum absolute atomic E-state index is 12.2. The third kappa shape index (κ3) is 3.67. The molecule has 4 aromatic carbocycles.